The van der Waals surface area contributed by atoms with Gasteiger partial charge in [-0.3, -0.25) is 0 Å². The Bertz CT molecular complexity index is 221. The van der Waals surface area contributed by atoms with Crippen molar-refractivity contribution in [2.75, 3.05) is 14.1 Å². The molecule has 0 aliphatic carbocycles. The topological polar surface area (TPSA) is 3.24 Å². The lowest BCUT2D eigenvalue weighted by Crippen LogP contribution is -2.19. The van der Waals surface area contributed by atoms with Crippen LogP contribution in [0, 0.1) is 0 Å². The van der Waals surface area contributed by atoms with Gasteiger partial charge in [0, 0.05) is 16.3 Å². The van der Waals surface area contributed by atoms with Crippen LogP contribution in [0.1, 0.15) is 11.6 Å². The molecule has 0 fully saturated rings. The maximum Gasteiger partial charge on any atom is 0.0310 e. The lowest BCUT2D eigenvalue weighted by molar-refractivity contribution is 0.321. The van der Waals surface area contributed by atoms with Gasteiger partial charge in [0.1, 0.15) is 0 Å². The van der Waals surface area contributed by atoms with Crippen LogP contribution in [-0.4, -0.2) is 29.2 Å². The van der Waals surface area contributed by atoms with Gasteiger partial charge in [-0.05, 0) is 25.7 Å². The van der Waals surface area contributed by atoms with Gasteiger partial charge in [-0.2, -0.15) is 0 Å². The van der Waals surface area contributed by atoms with Gasteiger partial charge in [0.2, 0.25) is 0 Å². The second-order valence-corrected chi connectivity index (χ2v) is 4.11. The van der Waals surface area contributed by atoms with E-state index >= 15 is 0 Å². The van der Waals surface area contributed by atoms with Crippen LogP contribution in [0.5, 0.6) is 0 Å². The summed E-state index contributed by atoms with van der Waals surface area (Å²) in [4.78, 5) is 2.29. The molecule has 1 unspecified atom stereocenters. The maximum absolute atomic E-state index is 2.29. The largest absolute Gasteiger partial charge is 0.303 e. The standard InChI is InChI=1S/C10H17NSi/c1-11(2)10(8-12)9-6-4-3-5-7-9/h3-7,10H,8H2,1-2,12H3. The van der Waals surface area contributed by atoms with Gasteiger partial charge in [0.05, 0.1) is 0 Å². The molecule has 0 radical (unpaired) electrons. The van der Waals surface area contributed by atoms with E-state index < -0.39 is 0 Å². The highest BCUT2D eigenvalue weighted by molar-refractivity contribution is 6.09. The first-order chi connectivity index (χ1) is 5.75. The first-order valence-electron chi connectivity index (χ1n) is 4.47. The average Bonchev–Trinajstić information content (AvgIpc) is 2.07. The minimum atomic E-state index is 0.623. The van der Waals surface area contributed by atoms with Crippen LogP contribution in [0.25, 0.3) is 0 Å². The summed E-state index contributed by atoms with van der Waals surface area (Å²) in [6, 6.07) is 12.6. The third-order valence-corrected chi connectivity index (χ3v) is 2.97. The molecule has 0 saturated carbocycles. The Labute approximate surface area is 77.8 Å². The van der Waals surface area contributed by atoms with Crippen molar-refractivity contribution in [1.29, 1.82) is 0 Å². The molecule has 0 N–H and O–H groups in total. The number of rotatable bonds is 3. The van der Waals surface area contributed by atoms with Crippen LogP contribution < -0.4 is 0 Å². The van der Waals surface area contributed by atoms with E-state index in [0.717, 1.165) is 0 Å². The zero-order valence-corrected chi connectivity index (χ0v) is 10.1. The zero-order valence-electron chi connectivity index (χ0n) is 8.12. The third kappa shape index (κ3) is 2.19. The molecule has 0 bridgehead atoms. The highest BCUT2D eigenvalue weighted by Crippen LogP contribution is 2.19. The van der Waals surface area contributed by atoms with Crippen molar-refractivity contribution in [2.24, 2.45) is 0 Å². The van der Waals surface area contributed by atoms with Crippen LogP contribution in [0.2, 0.25) is 6.04 Å². The van der Waals surface area contributed by atoms with E-state index in [4.69, 9.17) is 0 Å². The Morgan fingerprint density at radius 2 is 1.83 bits per heavy atom. The summed E-state index contributed by atoms with van der Waals surface area (Å²) in [5.74, 6) is 0. The van der Waals surface area contributed by atoms with Crippen LogP contribution in [0.15, 0.2) is 30.3 Å². The van der Waals surface area contributed by atoms with Gasteiger partial charge in [-0.1, -0.05) is 30.3 Å². The molecule has 0 aliphatic rings. The average molecular weight is 179 g/mol. The Morgan fingerprint density at radius 1 is 1.25 bits per heavy atom. The molecule has 1 rings (SSSR count). The molecule has 0 aromatic heterocycles. The second kappa shape index (κ2) is 4.43. The molecule has 1 aromatic carbocycles. The van der Waals surface area contributed by atoms with E-state index in [0.29, 0.717) is 6.04 Å². The maximum atomic E-state index is 2.29. The van der Waals surface area contributed by atoms with Gasteiger partial charge in [-0.25, -0.2) is 0 Å². The minimum absolute atomic E-state index is 0.623. The molecule has 0 spiro atoms. The summed E-state index contributed by atoms with van der Waals surface area (Å²) in [5, 5.41) is 0. The molecule has 1 aromatic rings. The number of benzene rings is 1. The SMILES string of the molecule is CN(C)C(C[SiH3])c1ccccc1. The van der Waals surface area contributed by atoms with E-state index in [9.17, 15) is 0 Å². The van der Waals surface area contributed by atoms with E-state index in [-0.39, 0.29) is 0 Å². The fraction of sp³-hybridized carbons (Fsp3) is 0.400. The number of nitrogens with zero attached hydrogens (tertiary/aromatic N) is 1. The van der Waals surface area contributed by atoms with E-state index in [1.54, 1.807) is 0 Å². The predicted molar refractivity (Wildman–Crippen MR) is 57.6 cm³/mol. The highest BCUT2D eigenvalue weighted by atomic mass is 28.1. The number of hydrogen-bond acceptors (Lipinski definition) is 1. The van der Waals surface area contributed by atoms with Crippen LogP contribution in [0.4, 0.5) is 0 Å². The fourth-order valence-corrected chi connectivity index (χ4v) is 2.78. The lowest BCUT2D eigenvalue weighted by atomic mass is 10.1. The Kier molecular flexibility index (Phi) is 3.50. The summed E-state index contributed by atoms with van der Waals surface area (Å²) in [6.45, 7) is 0. The van der Waals surface area contributed by atoms with E-state index in [1.165, 1.54) is 21.9 Å². The summed E-state index contributed by atoms with van der Waals surface area (Å²) in [7, 11) is 5.56. The van der Waals surface area contributed by atoms with Crippen molar-refractivity contribution in [3.63, 3.8) is 0 Å². The van der Waals surface area contributed by atoms with Crippen molar-refractivity contribution in [1.82, 2.24) is 4.90 Å². The third-order valence-electron chi connectivity index (χ3n) is 2.19. The van der Waals surface area contributed by atoms with Crippen LogP contribution in [-0.2, 0) is 0 Å². The minimum Gasteiger partial charge on any atom is -0.303 e. The van der Waals surface area contributed by atoms with Crippen molar-refractivity contribution in [3.8, 4) is 0 Å². The van der Waals surface area contributed by atoms with Crippen molar-refractivity contribution in [3.05, 3.63) is 35.9 Å². The molecule has 0 amide bonds. The molecular formula is C10H17NSi. The van der Waals surface area contributed by atoms with Crippen molar-refractivity contribution in [2.45, 2.75) is 12.1 Å². The van der Waals surface area contributed by atoms with Crippen LogP contribution in [0.3, 0.4) is 0 Å². The van der Waals surface area contributed by atoms with Crippen molar-refractivity contribution < 1.29 is 0 Å². The smallest absolute Gasteiger partial charge is 0.0310 e. The van der Waals surface area contributed by atoms with Crippen LogP contribution >= 0.6 is 0 Å². The zero-order chi connectivity index (χ0) is 8.97. The molecule has 2 heteroatoms. The number of hydrogen-bond donors (Lipinski definition) is 0. The molecule has 1 nitrogen and oxygen atoms in total. The summed E-state index contributed by atoms with van der Waals surface area (Å²) in [6.07, 6.45) is 0. The summed E-state index contributed by atoms with van der Waals surface area (Å²) >= 11 is 0. The molecule has 0 saturated heterocycles. The Balaban J connectivity index is 2.80. The van der Waals surface area contributed by atoms with Crippen molar-refractivity contribution >= 4 is 10.2 Å². The van der Waals surface area contributed by atoms with Gasteiger partial charge in [-0.15, -0.1) is 0 Å². The lowest BCUT2D eigenvalue weighted by Gasteiger charge is -2.23. The first kappa shape index (κ1) is 9.48. The van der Waals surface area contributed by atoms with Gasteiger partial charge >= 0.3 is 0 Å². The second-order valence-electron chi connectivity index (χ2n) is 3.30. The predicted octanol–water partition coefficient (Wildman–Crippen LogP) is 1.07. The normalized spacial score (nSPS) is 13.6. The van der Waals surface area contributed by atoms with Gasteiger partial charge < -0.3 is 4.90 Å². The summed E-state index contributed by atoms with van der Waals surface area (Å²) in [5.41, 5.74) is 1.44. The quantitative estimate of drug-likeness (QED) is 0.628. The Hall–Kier alpha value is -0.603. The molecule has 0 aliphatic heterocycles. The molecule has 0 heterocycles. The monoisotopic (exact) mass is 179 g/mol. The Morgan fingerprint density at radius 3 is 2.25 bits per heavy atom. The highest BCUT2D eigenvalue weighted by Gasteiger charge is 2.09. The molecular weight excluding hydrogens is 162 g/mol. The fourth-order valence-electron chi connectivity index (χ4n) is 1.57. The van der Waals surface area contributed by atoms with E-state index in [1.807, 2.05) is 0 Å². The van der Waals surface area contributed by atoms with Gasteiger partial charge in [0.15, 0.2) is 0 Å². The van der Waals surface area contributed by atoms with Gasteiger partial charge in [0.25, 0.3) is 0 Å². The molecule has 12 heavy (non-hydrogen) atoms. The van der Waals surface area contributed by atoms with E-state index in [2.05, 4.69) is 49.3 Å². The molecule has 66 valence electrons. The first-order valence-corrected chi connectivity index (χ1v) is 5.88. The molecule has 1 atom stereocenters. The summed E-state index contributed by atoms with van der Waals surface area (Å²) < 4.78 is 0.